The molecule has 6 nitrogen and oxygen atoms in total. The van der Waals surface area contributed by atoms with Crippen LogP contribution in [0.4, 0.5) is 0 Å². The first kappa shape index (κ1) is 17.2. The lowest BCUT2D eigenvalue weighted by Gasteiger charge is -2.38. The fourth-order valence-corrected chi connectivity index (χ4v) is 4.45. The monoisotopic (exact) mass is 355 g/mol. The first-order valence-corrected chi connectivity index (χ1v) is 9.51. The second kappa shape index (κ2) is 6.49. The van der Waals surface area contributed by atoms with Gasteiger partial charge in [0, 0.05) is 17.2 Å². The van der Waals surface area contributed by atoms with Crippen LogP contribution in [0, 0.1) is 5.41 Å². The number of carbonyl (C=O) groups is 1. The molecule has 5 rings (SSSR count). The van der Waals surface area contributed by atoms with Crippen molar-refractivity contribution >= 4 is 5.97 Å². The SMILES string of the molecule is CCOC(=O)c1cc(-c2noc(C34CCCC(C)(CC3)CC4)n2)ccn1. The van der Waals surface area contributed by atoms with Gasteiger partial charge in [0.15, 0.2) is 0 Å². The lowest BCUT2D eigenvalue weighted by molar-refractivity contribution is 0.0519. The van der Waals surface area contributed by atoms with Crippen LogP contribution in [-0.2, 0) is 10.2 Å². The Morgan fingerprint density at radius 2 is 2.04 bits per heavy atom. The van der Waals surface area contributed by atoms with E-state index in [0.29, 0.717) is 17.8 Å². The van der Waals surface area contributed by atoms with E-state index in [9.17, 15) is 4.79 Å². The molecule has 26 heavy (non-hydrogen) atoms. The molecule has 2 aromatic rings. The maximum absolute atomic E-state index is 11.9. The van der Waals surface area contributed by atoms with Crippen molar-refractivity contribution < 1.29 is 14.1 Å². The summed E-state index contributed by atoms with van der Waals surface area (Å²) in [5, 5.41) is 4.20. The summed E-state index contributed by atoms with van der Waals surface area (Å²) >= 11 is 0. The molecular formula is C20H25N3O3. The molecule has 0 unspecified atom stereocenters. The molecule has 0 N–H and O–H groups in total. The van der Waals surface area contributed by atoms with Crippen molar-refractivity contribution in [2.75, 3.05) is 6.61 Å². The van der Waals surface area contributed by atoms with Crippen molar-refractivity contribution in [2.24, 2.45) is 5.41 Å². The Balaban J connectivity index is 1.61. The zero-order valence-electron chi connectivity index (χ0n) is 15.5. The van der Waals surface area contributed by atoms with Crippen molar-refractivity contribution in [1.29, 1.82) is 0 Å². The smallest absolute Gasteiger partial charge is 0.356 e. The molecule has 0 aliphatic heterocycles. The molecule has 0 atom stereocenters. The highest BCUT2D eigenvalue weighted by Crippen LogP contribution is 2.54. The minimum Gasteiger partial charge on any atom is -0.461 e. The molecule has 3 aliphatic carbocycles. The summed E-state index contributed by atoms with van der Waals surface area (Å²) in [5.74, 6) is 0.831. The van der Waals surface area contributed by atoms with Gasteiger partial charge in [0.05, 0.1) is 6.61 Å². The Labute approximate surface area is 153 Å². The minimum atomic E-state index is -0.438. The maximum atomic E-state index is 11.9. The third-order valence-electron chi connectivity index (χ3n) is 6.23. The topological polar surface area (TPSA) is 78.1 Å². The van der Waals surface area contributed by atoms with Gasteiger partial charge in [-0.25, -0.2) is 9.78 Å². The summed E-state index contributed by atoms with van der Waals surface area (Å²) < 4.78 is 10.7. The van der Waals surface area contributed by atoms with E-state index in [2.05, 4.69) is 17.1 Å². The molecule has 0 amide bonds. The Bertz CT molecular complexity index is 806. The molecule has 0 saturated heterocycles. The first-order chi connectivity index (χ1) is 12.5. The third kappa shape index (κ3) is 3.02. The average Bonchev–Trinajstić information content (AvgIpc) is 3.02. The number of aromatic nitrogens is 3. The van der Waals surface area contributed by atoms with Crippen LogP contribution < -0.4 is 0 Å². The fourth-order valence-electron chi connectivity index (χ4n) is 4.45. The van der Waals surface area contributed by atoms with Gasteiger partial charge in [0.1, 0.15) is 5.69 Å². The van der Waals surface area contributed by atoms with E-state index < -0.39 is 5.97 Å². The van der Waals surface area contributed by atoms with E-state index in [4.69, 9.17) is 14.2 Å². The molecule has 0 spiro atoms. The standard InChI is InChI=1S/C20H25N3O3/c1-3-25-17(24)15-13-14(5-12-21-15)16-22-18(26-23-16)20-7-4-6-19(2,8-10-20)9-11-20/h5,12-13H,3-4,6-11H2,1-2H3. The van der Waals surface area contributed by atoms with E-state index in [1.807, 2.05) is 0 Å². The van der Waals surface area contributed by atoms with Gasteiger partial charge in [0.2, 0.25) is 11.7 Å². The third-order valence-corrected chi connectivity index (χ3v) is 6.23. The molecule has 0 radical (unpaired) electrons. The number of hydrogen-bond acceptors (Lipinski definition) is 6. The van der Waals surface area contributed by atoms with E-state index in [-0.39, 0.29) is 11.1 Å². The summed E-state index contributed by atoms with van der Waals surface area (Å²) in [6.07, 6.45) is 9.91. The number of fused-ring (bicyclic) bond motifs is 4. The van der Waals surface area contributed by atoms with Crippen molar-refractivity contribution in [3.63, 3.8) is 0 Å². The molecule has 2 bridgehead atoms. The predicted molar refractivity (Wildman–Crippen MR) is 95.6 cm³/mol. The van der Waals surface area contributed by atoms with Crippen LogP contribution in [0.5, 0.6) is 0 Å². The number of esters is 1. The lowest BCUT2D eigenvalue weighted by atomic mass is 9.66. The minimum absolute atomic E-state index is 0.0261. The van der Waals surface area contributed by atoms with Crippen molar-refractivity contribution in [3.8, 4) is 11.4 Å². The number of carbonyl (C=O) groups excluding carboxylic acids is 1. The van der Waals surface area contributed by atoms with E-state index in [1.165, 1.54) is 25.7 Å². The number of hydrogen-bond donors (Lipinski definition) is 0. The van der Waals surface area contributed by atoms with Gasteiger partial charge in [-0.2, -0.15) is 4.98 Å². The zero-order chi connectivity index (χ0) is 18.2. The molecule has 3 fully saturated rings. The molecule has 6 heteroatoms. The molecule has 2 heterocycles. The number of ether oxygens (including phenoxy) is 1. The molecular weight excluding hydrogens is 330 g/mol. The Morgan fingerprint density at radius 3 is 2.81 bits per heavy atom. The Kier molecular flexibility index (Phi) is 4.29. The van der Waals surface area contributed by atoms with Gasteiger partial charge in [-0.05, 0) is 63.0 Å². The zero-order valence-corrected chi connectivity index (χ0v) is 15.5. The van der Waals surface area contributed by atoms with Crippen LogP contribution in [-0.4, -0.2) is 27.7 Å². The summed E-state index contributed by atoms with van der Waals surface area (Å²) in [6, 6.07) is 3.45. The van der Waals surface area contributed by atoms with Crippen LogP contribution >= 0.6 is 0 Å². The number of pyridine rings is 1. The van der Waals surface area contributed by atoms with Crippen molar-refractivity contribution in [1.82, 2.24) is 15.1 Å². The predicted octanol–water partition coefficient (Wildman–Crippen LogP) is 4.31. The van der Waals surface area contributed by atoms with Gasteiger partial charge in [-0.3, -0.25) is 0 Å². The van der Waals surface area contributed by atoms with Crippen molar-refractivity contribution in [3.05, 3.63) is 29.9 Å². The number of rotatable bonds is 4. The molecule has 3 saturated carbocycles. The van der Waals surface area contributed by atoms with Gasteiger partial charge < -0.3 is 9.26 Å². The van der Waals surface area contributed by atoms with E-state index in [1.54, 1.807) is 25.3 Å². The largest absolute Gasteiger partial charge is 0.461 e. The fraction of sp³-hybridized carbons (Fsp3) is 0.600. The van der Waals surface area contributed by atoms with E-state index >= 15 is 0 Å². The second-order valence-corrected chi connectivity index (χ2v) is 8.02. The quantitative estimate of drug-likeness (QED) is 0.761. The molecule has 3 aliphatic rings. The second-order valence-electron chi connectivity index (χ2n) is 8.02. The highest BCUT2D eigenvalue weighted by Gasteiger charge is 2.47. The Morgan fingerprint density at radius 1 is 1.23 bits per heavy atom. The summed E-state index contributed by atoms with van der Waals surface area (Å²) in [4.78, 5) is 20.7. The van der Waals surface area contributed by atoms with Crippen LogP contribution in [0.15, 0.2) is 22.9 Å². The first-order valence-electron chi connectivity index (χ1n) is 9.51. The van der Waals surface area contributed by atoms with Crippen molar-refractivity contribution in [2.45, 2.75) is 64.2 Å². The molecule has 138 valence electrons. The maximum Gasteiger partial charge on any atom is 0.356 e. The summed E-state index contributed by atoms with van der Waals surface area (Å²) in [6.45, 7) is 4.50. The summed E-state index contributed by atoms with van der Waals surface area (Å²) in [7, 11) is 0. The van der Waals surface area contributed by atoms with Crippen LogP contribution in [0.3, 0.4) is 0 Å². The Hall–Kier alpha value is -2.24. The summed E-state index contributed by atoms with van der Waals surface area (Å²) in [5.41, 5.74) is 1.50. The molecule has 2 aromatic heterocycles. The van der Waals surface area contributed by atoms with E-state index in [0.717, 1.165) is 30.7 Å². The highest BCUT2D eigenvalue weighted by molar-refractivity contribution is 5.88. The number of nitrogens with zero attached hydrogens (tertiary/aromatic N) is 3. The van der Waals surface area contributed by atoms with Crippen LogP contribution in [0.25, 0.3) is 11.4 Å². The highest BCUT2D eigenvalue weighted by atomic mass is 16.5. The van der Waals surface area contributed by atoms with Gasteiger partial charge in [-0.15, -0.1) is 0 Å². The average molecular weight is 355 g/mol. The van der Waals surface area contributed by atoms with Gasteiger partial charge in [-0.1, -0.05) is 18.5 Å². The lowest BCUT2D eigenvalue weighted by Crippen LogP contribution is -2.32. The normalized spacial score (nSPS) is 27.9. The van der Waals surface area contributed by atoms with Gasteiger partial charge in [0.25, 0.3) is 0 Å². The van der Waals surface area contributed by atoms with Crippen LogP contribution in [0.1, 0.15) is 75.2 Å². The van der Waals surface area contributed by atoms with Gasteiger partial charge >= 0.3 is 5.97 Å². The molecule has 0 aromatic carbocycles. The van der Waals surface area contributed by atoms with Crippen LogP contribution in [0.2, 0.25) is 0 Å².